The van der Waals surface area contributed by atoms with E-state index in [0.29, 0.717) is 6.04 Å². The zero-order valence-corrected chi connectivity index (χ0v) is 9.65. The average molecular weight is 203 g/mol. The quantitative estimate of drug-likeness (QED) is 0.722. The van der Waals surface area contributed by atoms with Crippen LogP contribution in [-0.4, -0.2) is 18.0 Å². The van der Waals surface area contributed by atoms with E-state index in [0.717, 1.165) is 0 Å². The van der Waals surface area contributed by atoms with Gasteiger partial charge in [-0.25, -0.2) is 0 Å². The standard InChI is InChI=1S/C14H21N/c1-2-8-14(15-11-6-7-12-15)13-9-4-3-5-10-13/h3-5,9-10,14H,2,6-8,11-12H2,1H3/t14-/m1/s1. The first-order chi connectivity index (χ1) is 7.42. The van der Waals surface area contributed by atoms with Crippen LogP contribution < -0.4 is 0 Å². The number of hydrogen-bond donors (Lipinski definition) is 0. The van der Waals surface area contributed by atoms with E-state index in [2.05, 4.69) is 42.2 Å². The minimum Gasteiger partial charge on any atom is -0.296 e. The summed E-state index contributed by atoms with van der Waals surface area (Å²) in [4.78, 5) is 2.65. The average Bonchev–Trinajstić information content (AvgIpc) is 2.80. The Hall–Kier alpha value is -0.820. The lowest BCUT2D eigenvalue weighted by Gasteiger charge is -2.27. The summed E-state index contributed by atoms with van der Waals surface area (Å²) in [5, 5.41) is 0. The van der Waals surface area contributed by atoms with Gasteiger partial charge in [0.2, 0.25) is 0 Å². The van der Waals surface area contributed by atoms with Gasteiger partial charge in [0.05, 0.1) is 0 Å². The Morgan fingerprint density at radius 3 is 2.40 bits per heavy atom. The molecule has 1 aliphatic heterocycles. The van der Waals surface area contributed by atoms with Gasteiger partial charge in [-0.3, -0.25) is 4.90 Å². The van der Waals surface area contributed by atoms with Gasteiger partial charge >= 0.3 is 0 Å². The fourth-order valence-electron chi connectivity index (χ4n) is 2.56. The highest BCUT2D eigenvalue weighted by molar-refractivity contribution is 5.19. The molecule has 2 rings (SSSR count). The minimum atomic E-state index is 0.665. The molecule has 0 spiro atoms. The molecule has 1 aromatic rings. The van der Waals surface area contributed by atoms with Gasteiger partial charge in [0.15, 0.2) is 0 Å². The third-order valence-corrected chi connectivity index (χ3v) is 3.33. The summed E-state index contributed by atoms with van der Waals surface area (Å²) in [5.74, 6) is 0. The van der Waals surface area contributed by atoms with E-state index in [4.69, 9.17) is 0 Å². The molecule has 0 aliphatic carbocycles. The van der Waals surface area contributed by atoms with Crippen LogP contribution >= 0.6 is 0 Å². The Labute approximate surface area is 93.1 Å². The van der Waals surface area contributed by atoms with Gasteiger partial charge in [0.1, 0.15) is 0 Å². The topological polar surface area (TPSA) is 3.24 Å². The van der Waals surface area contributed by atoms with Crippen LogP contribution in [0.2, 0.25) is 0 Å². The van der Waals surface area contributed by atoms with Crippen LogP contribution in [0.5, 0.6) is 0 Å². The second kappa shape index (κ2) is 5.32. The number of likely N-dealkylation sites (tertiary alicyclic amines) is 1. The zero-order chi connectivity index (χ0) is 10.5. The first-order valence-corrected chi connectivity index (χ1v) is 6.21. The van der Waals surface area contributed by atoms with E-state index in [1.807, 2.05) is 0 Å². The van der Waals surface area contributed by atoms with E-state index in [-0.39, 0.29) is 0 Å². The largest absolute Gasteiger partial charge is 0.296 e. The van der Waals surface area contributed by atoms with E-state index in [1.54, 1.807) is 0 Å². The molecule has 1 aromatic carbocycles. The summed E-state index contributed by atoms with van der Waals surface area (Å²) < 4.78 is 0. The van der Waals surface area contributed by atoms with Crippen molar-refractivity contribution in [3.05, 3.63) is 35.9 Å². The van der Waals surface area contributed by atoms with Crippen LogP contribution in [-0.2, 0) is 0 Å². The van der Waals surface area contributed by atoms with Crippen molar-refractivity contribution in [1.29, 1.82) is 0 Å². The summed E-state index contributed by atoms with van der Waals surface area (Å²) in [6, 6.07) is 11.6. The SMILES string of the molecule is CCC[C@H](c1ccccc1)N1CCCC1. The Morgan fingerprint density at radius 2 is 1.80 bits per heavy atom. The van der Waals surface area contributed by atoms with Crippen molar-refractivity contribution >= 4 is 0 Å². The van der Waals surface area contributed by atoms with Crippen LogP contribution in [0.1, 0.15) is 44.2 Å². The lowest BCUT2D eigenvalue weighted by atomic mass is 10.0. The number of rotatable bonds is 4. The molecular formula is C14H21N. The zero-order valence-electron chi connectivity index (χ0n) is 9.65. The first-order valence-electron chi connectivity index (χ1n) is 6.21. The summed E-state index contributed by atoms with van der Waals surface area (Å²) in [5.41, 5.74) is 1.50. The number of hydrogen-bond acceptors (Lipinski definition) is 1. The maximum absolute atomic E-state index is 2.65. The lowest BCUT2D eigenvalue weighted by Crippen LogP contribution is -2.25. The molecule has 82 valence electrons. The highest BCUT2D eigenvalue weighted by atomic mass is 15.2. The Morgan fingerprint density at radius 1 is 1.13 bits per heavy atom. The molecule has 0 unspecified atom stereocenters. The van der Waals surface area contributed by atoms with Crippen molar-refractivity contribution in [1.82, 2.24) is 4.90 Å². The second-order valence-electron chi connectivity index (χ2n) is 4.46. The molecule has 0 N–H and O–H groups in total. The van der Waals surface area contributed by atoms with Gasteiger partial charge in [-0.15, -0.1) is 0 Å². The molecule has 0 saturated carbocycles. The first kappa shape index (κ1) is 10.7. The van der Waals surface area contributed by atoms with Crippen molar-refractivity contribution in [2.75, 3.05) is 13.1 Å². The Kier molecular flexibility index (Phi) is 3.79. The molecule has 1 nitrogen and oxygen atoms in total. The lowest BCUT2D eigenvalue weighted by molar-refractivity contribution is 0.232. The van der Waals surface area contributed by atoms with E-state index in [9.17, 15) is 0 Å². The van der Waals surface area contributed by atoms with Crippen LogP contribution in [0.3, 0.4) is 0 Å². The van der Waals surface area contributed by atoms with Gasteiger partial charge in [0, 0.05) is 6.04 Å². The molecule has 1 heteroatoms. The van der Waals surface area contributed by atoms with Gasteiger partial charge in [-0.05, 0) is 37.9 Å². The van der Waals surface area contributed by atoms with Crippen LogP contribution in [0.15, 0.2) is 30.3 Å². The summed E-state index contributed by atoms with van der Waals surface area (Å²) >= 11 is 0. The van der Waals surface area contributed by atoms with Crippen molar-refractivity contribution < 1.29 is 0 Å². The van der Waals surface area contributed by atoms with Gasteiger partial charge in [-0.2, -0.15) is 0 Å². The summed E-state index contributed by atoms with van der Waals surface area (Å²) in [7, 11) is 0. The van der Waals surface area contributed by atoms with E-state index >= 15 is 0 Å². The summed E-state index contributed by atoms with van der Waals surface area (Å²) in [6.07, 6.45) is 5.33. The van der Waals surface area contributed by atoms with Gasteiger partial charge in [0.25, 0.3) is 0 Å². The molecule has 0 bridgehead atoms. The number of benzene rings is 1. The summed E-state index contributed by atoms with van der Waals surface area (Å²) in [6.45, 7) is 4.87. The molecular weight excluding hydrogens is 182 g/mol. The van der Waals surface area contributed by atoms with Crippen LogP contribution in [0, 0.1) is 0 Å². The normalized spacial score (nSPS) is 19.3. The predicted molar refractivity (Wildman–Crippen MR) is 64.9 cm³/mol. The fourth-order valence-corrected chi connectivity index (χ4v) is 2.56. The van der Waals surface area contributed by atoms with Crippen molar-refractivity contribution in [2.24, 2.45) is 0 Å². The molecule has 15 heavy (non-hydrogen) atoms. The molecule has 0 aromatic heterocycles. The van der Waals surface area contributed by atoms with Gasteiger partial charge < -0.3 is 0 Å². The highest BCUT2D eigenvalue weighted by Crippen LogP contribution is 2.28. The Balaban J connectivity index is 2.11. The van der Waals surface area contributed by atoms with Crippen molar-refractivity contribution in [3.8, 4) is 0 Å². The fraction of sp³-hybridized carbons (Fsp3) is 0.571. The molecule has 1 atom stereocenters. The molecule has 1 aliphatic rings. The Bertz CT molecular complexity index is 275. The highest BCUT2D eigenvalue weighted by Gasteiger charge is 2.21. The third-order valence-electron chi connectivity index (χ3n) is 3.33. The number of nitrogens with zero attached hydrogens (tertiary/aromatic N) is 1. The van der Waals surface area contributed by atoms with Gasteiger partial charge in [-0.1, -0.05) is 43.7 Å². The monoisotopic (exact) mass is 203 g/mol. The molecule has 0 amide bonds. The predicted octanol–water partition coefficient (Wildman–Crippen LogP) is 3.62. The van der Waals surface area contributed by atoms with Crippen molar-refractivity contribution in [2.45, 2.75) is 38.6 Å². The molecule has 0 radical (unpaired) electrons. The molecule has 1 saturated heterocycles. The van der Waals surface area contributed by atoms with E-state index < -0.39 is 0 Å². The van der Waals surface area contributed by atoms with Crippen LogP contribution in [0.4, 0.5) is 0 Å². The molecule has 1 fully saturated rings. The smallest absolute Gasteiger partial charge is 0.0348 e. The third kappa shape index (κ3) is 2.60. The minimum absolute atomic E-state index is 0.665. The molecule has 1 heterocycles. The van der Waals surface area contributed by atoms with Crippen LogP contribution in [0.25, 0.3) is 0 Å². The maximum atomic E-state index is 2.65. The maximum Gasteiger partial charge on any atom is 0.0348 e. The second-order valence-corrected chi connectivity index (χ2v) is 4.46. The van der Waals surface area contributed by atoms with Crippen molar-refractivity contribution in [3.63, 3.8) is 0 Å². The van der Waals surface area contributed by atoms with E-state index in [1.165, 1.54) is 44.3 Å².